The van der Waals surface area contributed by atoms with E-state index < -0.39 is 6.04 Å². The summed E-state index contributed by atoms with van der Waals surface area (Å²) in [6.07, 6.45) is 1.28. The minimum atomic E-state index is -0.618. The summed E-state index contributed by atoms with van der Waals surface area (Å²) in [4.78, 5) is 36.2. The zero-order chi connectivity index (χ0) is 21.3. The van der Waals surface area contributed by atoms with Crippen LogP contribution in [0.1, 0.15) is 69.8 Å². The van der Waals surface area contributed by atoms with Crippen LogP contribution in [0.4, 0.5) is 0 Å². The van der Waals surface area contributed by atoms with Gasteiger partial charge < -0.3 is 15.4 Å². The van der Waals surface area contributed by atoms with Gasteiger partial charge in [0.1, 0.15) is 6.04 Å². The number of ether oxygens (including phenoxy) is 1. The molecule has 0 spiro atoms. The SMILES string of the molecule is COC(=O)CCCNC(=O)C(CC(C)C)NC(=O)c1ccc(C(C)(C)C)cc1. The molecule has 0 aromatic heterocycles. The summed E-state index contributed by atoms with van der Waals surface area (Å²) in [5.41, 5.74) is 1.69. The lowest BCUT2D eigenvalue weighted by molar-refractivity contribution is -0.140. The Bertz CT molecular complexity index is 660. The standard InChI is InChI=1S/C22H34N2O4/c1-15(2)14-18(21(27)23-13-7-8-19(25)28-6)24-20(26)16-9-11-17(12-10-16)22(3,4)5/h9-12,15,18H,7-8,13-14H2,1-6H3,(H,23,27)(H,24,26). The molecular weight excluding hydrogens is 356 g/mol. The molecule has 6 heteroatoms. The Hall–Kier alpha value is -2.37. The van der Waals surface area contributed by atoms with Crippen molar-refractivity contribution in [2.45, 2.75) is 65.3 Å². The zero-order valence-corrected chi connectivity index (χ0v) is 17.9. The number of carbonyl (C=O) groups excluding carboxylic acids is 3. The number of amides is 2. The summed E-state index contributed by atoms with van der Waals surface area (Å²) in [5, 5.41) is 5.63. The first kappa shape index (κ1) is 23.7. The van der Waals surface area contributed by atoms with E-state index in [2.05, 4.69) is 36.1 Å². The number of methoxy groups -OCH3 is 1. The van der Waals surface area contributed by atoms with Gasteiger partial charge in [-0.2, -0.15) is 0 Å². The van der Waals surface area contributed by atoms with E-state index in [1.54, 1.807) is 12.1 Å². The fourth-order valence-electron chi connectivity index (χ4n) is 2.74. The number of benzene rings is 1. The maximum absolute atomic E-state index is 12.6. The molecule has 6 nitrogen and oxygen atoms in total. The van der Waals surface area contributed by atoms with Gasteiger partial charge in [0, 0.05) is 18.5 Å². The average Bonchev–Trinajstić information content (AvgIpc) is 2.63. The van der Waals surface area contributed by atoms with Crippen LogP contribution in [0, 0.1) is 5.92 Å². The molecule has 2 amide bonds. The van der Waals surface area contributed by atoms with E-state index in [4.69, 9.17) is 0 Å². The van der Waals surface area contributed by atoms with Crippen LogP contribution in [0.25, 0.3) is 0 Å². The van der Waals surface area contributed by atoms with E-state index in [0.717, 1.165) is 5.56 Å². The fraction of sp³-hybridized carbons (Fsp3) is 0.591. The van der Waals surface area contributed by atoms with Gasteiger partial charge in [-0.15, -0.1) is 0 Å². The maximum atomic E-state index is 12.6. The van der Waals surface area contributed by atoms with E-state index >= 15 is 0 Å². The monoisotopic (exact) mass is 390 g/mol. The Morgan fingerprint density at radius 2 is 1.68 bits per heavy atom. The van der Waals surface area contributed by atoms with Crippen molar-refractivity contribution in [2.75, 3.05) is 13.7 Å². The molecule has 0 fully saturated rings. The Morgan fingerprint density at radius 1 is 1.07 bits per heavy atom. The van der Waals surface area contributed by atoms with Crippen molar-refractivity contribution in [2.24, 2.45) is 5.92 Å². The topological polar surface area (TPSA) is 84.5 Å². The predicted octanol–water partition coefficient (Wildman–Crippen LogP) is 3.20. The van der Waals surface area contributed by atoms with Crippen LogP contribution in [0.3, 0.4) is 0 Å². The summed E-state index contributed by atoms with van der Waals surface area (Å²) in [6.45, 7) is 10.7. The third kappa shape index (κ3) is 8.11. The predicted molar refractivity (Wildman–Crippen MR) is 110 cm³/mol. The largest absolute Gasteiger partial charge is 0.469 e. The van der Waals surface area contributed by atoms with Crippen molar-refractivity contribution < 1.29 is 19.1 Å². The molecule has 0 heterocycles. The van der Waals surface area contributed by atoms with Crippen LogP contribution in [0.2, 0.25) is 0 Å². The molecule has 28 heavy (non-hydrogen) atoms. The second-order valence-electron chi connectivity index (χ2n) is 8.45. The summed E-state index contributed by atoms with van der Waals surface area (Å²) < 4.78 is 4.58. The van der Waals surface area contributed by atoms with Gasteiger partial charge >= 0.3 is 5.97 Å². The van der Waals surface area contributed by atoms with E-state index in [1.165, 1.54) is 7.11 Å². The molecule has 1 aromatic rings. The Kier molecular flexibility index (Phi) is 9.16. The first-order valence-electron chi connectivity index (χ1n) is 9.80. The molecule has 0 saturated heterocycles. The quantitative estimate of drug-likeness (QED) is 0.501. The highest BCUT2D eigenvalue weighted by molar-refractivity contribution is 5.97. The van der Waals surface area contributed by atoms with Crippen LogP contribution in [0.15, 0.2) is 24.3 Å². The number of hydrogen-bond acceptors (Lipinski definition) is 4. The van der Waals surface area contributed by atoms with Gasteiger partial charge in [-0.3, -0.25) is 14.4 Å². The normalized spacial score (nSPS) is 12.4. The Morgan fingerprint density at radius 3 is 2.18 bits per heavy atom. The second kappa shape index (κ2) is 10.8. The highest BCUT2D eigenvalue weighted by Gasteiger charge is 2.23. The third-order valence-corrected chi connectivity index (χ3v) is 4.43. The van der Waals surface area contributed by atoms with E-state index in [0.29, 0.717) is 24.9 Å². The Balaban J connectivity index is 2.70. The van der Waals surface area contributed by atoms with Crippen LogP contribution in [-0.4, -0.2) is 37.5 Å². The van der Waals surface area contributed by atoms with Crippen molar-refractivity contribution in [3.05, 3.63) is 35.4 Å². The van der Waals surface area contributed by atoms with Gasteiger partial charge in [0.15, 0.2) is 0 Å². The molecule has 0 aliphatic rings. The minimum Gasteiger partial charge on any atom is -0.469 e. The molecule has 156 valence electrons. The first-order chi connectivity index (χ1) is 13.0. The molecular formula is C22H34N2O4. The first-order valence-corrected chi connectivity index (χ1v) is 9.80. The molecule has 0 aliphatic heterocycles. The summed E-state index contributed by atoms with van der Waals surface area (Å²) in [6, 6.07) is 6.85. The minimum absolute atomic E-state index is 0.0132. The average molecular weight is 391 g/mol. The van der Waals surface area contributed by atoms with E-state index in [9.17, 15) is 14.4 Å². The molecule has 1 unspecified atom stereocenters. The number of hydrogen-bond donors (Lipinski definition) is 2. The highest BCUT2D eigenvalue weighted by atomic mass is 16.5. The molecule has 1 rings (SSSR count). The van der Waals surface area contributed by atoms with Gasteiger partial charge in [-0.25, -0.2) is 0 Å². The molecule has 0 saturated carbocycles. The van der Waals surface area contributed by atoms with Crippen LogP contribution >= 0.6 is 0 Å². The summed E-state index contributed by atoms with van der Waals surface area (Å²) >= 11 is 0. The lowest BCUT2D eigenvalue weighted by atomic mass is 9.86. The maximum Gasteiger partial charge on any atom is 0.305 e. The van der Waals surface area contributed by atoms with Gasteiger partial charge in [-0.1, -0.05) is 46.8 Å². The molecule has 0 bridgehead atoms. The van der Waals surface area contributed by atoms with Gasteiger partial charge in [-0.05, 0) is 41.9 Å². The number of carbonyl (C=O) groups is 3. The van der Waals surface area contributed by atoms with Crippen molar-refractivity contribution in [3.63, 3.8) is 0 Å². The smallest absolute Gasteiger partial charge is 0.305 e. The second-order valence-corrected chi connectivity index (χ2v) is 8.45. The number of esters is 1. The highest BCUT2D eigenvalue weighted by Crippen LogP contribution is 2.22. The van der Waals surface area contributed by atoms with Crippen molar-refractivity contribution >= 4 is 17.8 Å². The van der Waals surface area contributed by atoms with Gasteiger partial charge in [0.05, 0.1) is 7.11 Å². The summed E-state index contributed by atoms with van der Waals surface area (Å²) in [7, 11) is 1.34. The van der Waals surface area contributed by atoms with Crippen LogP contribution in [-0.2, 0) is 19.7 Å². The van der Waals surface area contributed by atoms with Crippen molar-refractivity contribution in [3.8, 4) is 0 Å². The van der Waals surface area contributed by atoms with Crippen LogP contribution < -0.4 is 10.6 Å². The summed E-state index contributed by atoms with van der Waals surface area (Å²) in [5.74, 6) is -0.566. The van der Waals surface area contributed by atoms with Gasteiger partial charge in [0.2, 0.25) is 5.91 Å². The third-order valence-electron chi connectivity index (χ3n) is 4.43. The Labute approximate surface area is 168 Å². The molecule has 2 N–H and O–H groups in total. The molecule has 0 aliphatic carbocycles. The molecule has 1 aromatic carbocycles. The lowest BCUT2D eigenvalue weighted by Gasteiger charge is -2.21. The lowest BCUT2D eigenvalue weighted by Crippen LogP contribution is -2.47. The van der Waals surface area contributed by atoms with Crippen LogP contribution in [0.5, 0.6) is 0 Å². The zero-order valence-electron chi connectivity index (χ0n) is 17.9. The van der Waals surface area contributed by atoms with E-state index in [1.807, 2.05) is 26.0 Å². The van der Waals surface area contributed by atoms with Crippen molar-refractivity contribution in [1.82, 2.24) is 10.6 Å². The molecule has 0 radical (unpaired) electrons. The van der Waals surface area contributed by atoms with E-state index in [-0.39, 0.29) is 35.5 Å². The molecule has 1 atom stereocenters. The van der Waals surface area contributed by atoms with Crippen molar-refractivity contribution in [1.29, 1.82) is 0 Å². The fourth-order valence-corrected chi connectivity index (χ4v) is 2.74. The number of rotatable bonds is 9. The van der Waals surface area contributed by atoms with Gasteiger partial charge in [0.25, 0.3) is 5.91 Å². The number of nitrogens with one attached hydrogen (secondary N) is 2.